The Balaban J connectivity index is 1.89. The summed E-state index contributed by atoms with van der Waals surface area (Å²) in [5, 5.41) is 22.1. The van der Waals surface area contributed by atoms with Crippen LogP contribution in [0.2, 0.25) is 0 Å². The third kappa shape index (κ3) is 3.62. The van der Waals surface area contributed by atoms with Crippen molar-refractivity contribution >= 4 is 5.69 Å². The average Bonchev–Trinajstić information content (AvgIpc) is 3.02. The van der Waals surface area contributed by atoms with Crippen LogP contribution in [-0.4, -0.2) is 25.1 Å². The first-order valence-corrected chi connectivity index (χ1v) is 7.02. The first-order chi connectivity index (χ1) is 11.8. The van der Waals surface area contributed by atoms with Crippen LogP contribution in [0.3, 0.4) is 0 Å². The van der Waals surface area contributed by atoms with Gasteiger partial charge >= 0.3 is 6.18 Å². The quantitative estimate of drug-likeness (QED) is 0.533. The molecule has 0 unspecified atom stereocenters. The minimum absolute atomic E-state index is 0.0445. The molecule has 0 amide bonds. The van der Waals surface area contributed by atoms with E-state index in [2.05, 4.69) is 15.4 Å². The van der Waals surface area contributed by atoms with Crippen LogP contribution in [0.1, 0.15) is 11.1 Å². The molecule has 0 fully saturated rings. The molecule has 0 saturated carbocycles. The Labute approximate surface area is 138 Å². The van der Waals surface area contributed by atoms with Crippen LogP contribution >= 0.6 is 0 Å². The monoisotopic (exact) mass is 349 g/mol. The van der Waals surface area contributed by atoms with E-state index in [1.165, 1.54) is 36.4 Å². The van der Waals surface area contributed by atoms with Gasteiger partial charge in [0, 0.05) is 17.7 Å². The molecular weight excluding hydrogens is 339 g/mol. The van der Waals surface area contributed by atoms with Crippen molar-refractivity contribution in [1.29, 1.82) is 0 Å². The van der Waals surface area contributed by atoms with Crippen LogP contribution in [0.25, 0.3) is 11.4 Å². The Morgan fingerprint density at radius 2 is 1.88 bits per heavy atom. The Bertz CT molecular complexity index is 923. The fourth-order valence-corrected chi connectivity index (χ4v) is 2.28. The van der Waals surface area contributed by atoms with Crippen molar-refractivity contribution < 1.29 is 18.1 Å². The van der Waals surface area contributed by atoms with Crippen LogP contribution in [-0.2, 0) is 12.7 Å². The van der Waals surface area contributed by atoms with Crippen molar-refractivity contribution in [1.82, 2.24) is 20.2 Å². The van der Waals surface area contributed by atoms with Crippen molar-refractivity contribution in [3.05, 3.63) is 69.8 Å². The molecule has 1 aromatic heterocycles. The van der Waals surface area contributed by atoms with Crippen molar-refractivity contribution in [2.24, 2.45) is 0 Å². The summed E-state index contributed by atoms with van der Waals surface area (Å²) in [5.41, 5.74) is -0.604. The van der Waals surface area contributed by atoms with Gasteiger partial charge in [-0.1, -0.05) is 30.3 Å². The first kappa shape index (κ1) is 16.6. The molecule has 0 bridgehead atoms. The van der Waals surface area contributed by atoms with Crippen LogP contribution < -0.4 is 0 Å². The summed E-state index contributed by atoms with van der Waals surface area (Å²) in [6.07, 6.45) is -4.54. The maximum absolute atomic E-state index is 13.1. The topological polar surface area (TPSA) is 86.7 Å². The fourth-order valence-electron chi connectivity index (χ4n) is 2.28. The van der Waals surface area contributed by atoms with Gasteiger partial charge in [-0.05, 0) is 16.8 Å². The molecule has 128 valence electrons. The third-order valence-corrected chi connectivity index (χ3v) is 3.37. The molecule has 2 aromatic carbocycles. The molecule has 10 heteroatoms. The van der Waals surface area contributed by atoms with Gasteiger partial charge in [-0.3, -0.25) is 10.1 Å². The molecule has 0 aliphatic heterocycles. The highest BCUT2D eigenvalue weighted by atomic mass is 19.4. The predicted octanol–water partition coefficient (Wildman–Crippen LogP) is 3.32. The smallest absolute Gasteiger partial charge is 0.258 e. The van der Waals surface area contributed by atoms with E-state index in [1.54, 1.807) is 6.07 Å². The van der Waals surface area contributed by atoms with Crippen molar-refractivity contribution in [2.45, 2.75) is 12.7 Å². The molecule has 0 atom stereocenters. The number of tetrazole rings is 1. The van der Waals surface area contributed by atoms with E-state index in [9.17, 15) is 23.3 Å². The fraction of sp³-hybridized carbons (Fsp3) is 0.133. The third-order valence-electron chi connectivity index (χ3n) is 3.37. The summed E-state index contributed by atoms with van der Waals surface area (Å²) in [7, 11) is 0. The molecule has 0 aliphatic carbocycles. The summed E-state index contributed by atoms with van der Waals surface area (Å²) in [6.45, 7) is 0.0445. The summed E-state index contributed by atoms with van der Waals surface area (Å²) >= 11 is 0. The lowest BCUT2D eigenvalue weighted by Gasteiger charge is -2.09. The number of nitro groups is 1. The number of non-ortho nitro benzene ring substituents is 1. The average molecular weight is 349 g/mol. The van der Waals surface area contributed by atoms with Crippen LogP contribution in [0.15, 0.2) is 48.5 Å². The lowest BCUT2D eigenvalue weighted by Crippen LogP contribution is -2.08. The summed E-state index contributed by atoms with van der Waals surface area (Å²) in [4.78, 5) is 11.3. The number of hydrogen-bond acceptors (Lipinski definition) is 5. The highest BCUT2D eigenvalue weighted by Gasteiger charge is 2.34. The maximum atomic E-state index is 13.1. The lowest BCUT2D eigenvalue weighted by atomic mass is 10.1. The van der Waals surface area contributed by atoms with Crippen LogP contribution in [0.5, 0.6) is 0 Å². The zero-order chi connectivity index (χ0) is 18.0. The van der Waals surface area contributed by atoms with Gasteiger partial charge in [-0.2, -0.15) is 18.0 Å². The minimum Gasteiger partial charge on any atom is -0.258 e. The van der Waals surface area contributed by atoms with E-state index < -0.39 is 16.7 Å². The Morgan fingerprint density at radius 3 is 2.60 bits per heavy atom. The Kier molecular flexibility index (Phi) is 4.17. The molecule has 0 N–H and O–H groups in total. The van der Waals surface area contributed by atoms with Gasteiger partial charge in [0.1, 0.15) is 0 Å². The van der Waals surface area contributed by atoms with Gasteiger partial charge < -0.3 is 0 Å². The van der Waals surface area contributed by atoms with Crippen LogP contribution in [0.4, 0.5) is 18.9 Å². The molecule has 7 nitrogen and oxygen atoms in total. The Hall–Kier alpha value is -3.30. The van der Waals surface area contributed by atoms with Gasteiger partial charge in [-0.25, -0.2) is 0 Å². The van der Waals surface area contributed by atoms with Gasteiger partial charge in [-0.15, -0.1) is 10.2 Å². The van der Waals surface area contributed by atoms with Gasteiger partial charge in [0.2, 0.25) is 5.82 Å². The first-order valence-electron chi connectivity index (χ1n) is 7.02. The molecule has 0 spiro atoms. The Morgan fingerprint density at radius 1 is 1.12 bits per heavy atom. The second-order valence-corrected chi connectivity index (χ2v) is 5.11. The number of alkyl halides is 3. The van der Waals surface area contributed by atoms with E-state index in [0.717, 1.165) is 10.9 Å². The van der Waals surface area contributed by atoms with Gasteiger partial charge in [0.15, 0.2) is 0 Å². The molecule has 0 saturated heterocycles. The predicted molar refractivity (Wildman–Crippen MR) is 80.5 cm³/mol. The number of rotatable bonds is 4. The number of nitrogens with zero attached hydrogens (tertiary/aromatic N) is 5. The highest BCUT2D eigenvalue weighted by Crippen LogP contribution is 2.35. The summed E-state index contributed by atoms with van der Waals surface area (Å²) in [5.74, 6) is -0.168. The second-order valence-electron chi connectivity index (χ2n) is 5.11. The maximum Gasteiger partial charge on any atom is 0.417 e. The molecule has 3 rings (SSSR count). The normalized spacial score (nSPS) is 11.5. The zero-order valence-electron chi connectivity index (χ0n) is 12.5. The molecule has 0 radical (unpaired) electrons. The van der Waals surface area contributed by atoms with E-state index in [4.69, 9.17) is 0 Å². The number of halogens is 3. The van der Waals surface area contributed by atoms with Crippen molar-refractivity contribution in [3.63, 3.8) is 0 Å². The van der Waals surface area contributed by atoms with Crippen molar-refractivity contribution in [2.75, 3.05) is 0 Å². The zero-order valence-corrected chi connectivity index (χ0v) is 12.5. The van der Waals surface area contributed by atoms with E-state index in [-0.39, 0.29) is 23.6 Å². The molecule has 1 heterocycles. The van der Waals surface area contributed by atoms with E-state index >= 15 is 0 Å². The van der Waals surface area contributed by atoms with Crippen LogP contribution in [0, 0.1) is 10.1 Å². The second kappa shape index (κ2) is 6.30. The summed E-state index contributed by atoms with van der Waals surface area (Å²) < 4.78 is 39.2. The van der Waals surface area contributed by atoms with E-state index in [1.807, 2.05) is 0 Å². The number of aromatic nitrogens is 4. The molecule has 3 aromatic rings. The lowest BCUT2D eigenvalue weighted by molar-refractivity contribution is -0.384. The van der Waals surface area contributed by atoms with E-state index in [0.29, 0.717) is 5.56 Å². The minimum atomic E-state index is -4.54. The van der Waals surface area contributed by atoms with Gasteiger partial charge in [0.05, 0.1) is 17.0 Å². The van der Waals surface area contributed by atoms with Gasteiger partial charge in [0.25, 0.3) is 5.69 Å². The molecule has 25 heavy (non-hydrogen) atoms. The summed E-state index contributed by atoms with van der Waals surface area (Å²) in [6, 6.07) is 10.7. The molecular formula is C15H10F3N5O2. The standard InChI is InChI=1S/C15H10F3N5O2/c16-15(17,18)13-7-2-1-6-12(13)14-19-21-22(20-14)9-10-4-3-5-11(8-10)23(24)25/h1-8H,9H2. The number of benzene rings is 2. The highest BCUT2D eigenvalue weighted by molar-refractivity contribution is 5.60. The number of nitro benzene ring substituents is 1. The SMILES string of the molecule is O=[N+]([O-])c1cccc(Cn2nnc(-c3ccccc3C(F)(F)F)n2)c1. The molecule has 0 aliphatic rings. The van der Waals surface area contributed by atoms with Crippen molar-refractivity contribution in [3.8, 4) is 11.4 Å². The number of hydrogen-bond donors (Lipinski definition) is 0. The largest absolute Gasteiger partial charge is 0.417 e.